The third-order valence-electron chi connectivity index (χ3n) is 2.66. The lowest BCUT2D eigenvalue weighted by atomic mass is 10.3. The number of nitrogens with zero attached hydrogens (tertiary/aromatic N) is 5. The fraction of sp³-hybridized carbons (Fsp3) is 0.400. The first-order valence-corrected chi connectivity index (χ1v) is 5.51. The van der Waals surface area contributed by atoms with E-state index in [1.807, 2.05) is 13.1 Å². The van der Waals surface area contributed by atoms with Crippen molar-refractivity contribution in [1.29, 1.82) is 0 Å². The van der Waals surface area contributed by atoms with Crippen LogP contribution in [0.4, 0.5) is 11.5 Å². The maximum atomic E-state index is 10.8. The lowest BCUT2D eigenvalue weighted by molar-refractivity contribution is -0.384. The highest BCUT2D eigenvalue weighted by Gasteiger charge is 2.22. The molecule has 2 heterocycles. The monoisotopic (exact) mass is 250 g/mol. The quantitative estimate of drug-likeness (QED) is 0.642. The molecule has 0 aromatic carbocycles. The van der Waals surface area contributed by atoms with Crippen LogP contribution in [0.3, 0.4) is 0 Å². The highest BCUT2D eigenvalue weighted by molar-refractivity contribution is 5.56. The molecule has 8 nitrogen and oxygen atoms in total. The van der Waals surface area contributed by atoms with E-state index in [-0.39, 0.29) is 11.5 Å². The van der Waals surface area contributed by atoms with E-state index in [0.29, 0.717) is 12.2 Å². The van der Waals surface area contributed by atoms with Gasteiger partial charge in [0.2, 0.25) is 5.82 Å². The topological polar surface area (TPSA) is 105 Å². The van der Waals surface area contributed by atoms with Gasteiger partial charge in [-0.1, -0.05) is 0 Å². The maximum absolute atomic E-state index is 10.8. The second kappa shape index (κ2) is 4.47. The molecule has 0 saturated carbocycles. The van der Waals surface area contributed by atoms with Gasteiger partial charge in [0.05, 0.1) is 17.7 Å². The zero-order valence-corrected chi connectivity index (χ0v) is 10.2. The summed E-state index contributed by atoms with van der Waals surface area (Å²) in [6.45, 7) is 4.70. The van der Waals surface area contributed by atoms with Crippen LogP contribution in [0.1, 0.15) is 18.2 Å². The molecule has 0 amide bonds. The zero-order chi connectivity index (χ0) is 13.3. The van der Waals surface area contributed by atoms with Gasteiger partial charge in [0.25, 0.3) is 0 Å². The summed E-state index contributed by atoms with van der Waals surface area (Å²) in [7, 11) is 0. The smallest absolute Gasteiger partial charge is 0.333 e. The number of nitrogen functional groups attached to an aromatic ring is 1. The average molecular weight is 250 g/mol. The van der Waals surface area contributed by atoms with E-state index in [9.17, 15) is 10.1 Å². The predicted molar refractivity (Wildman–Crippen MR) is 65.0 cm³/mol. The number of rotatable bonds is 4. The Kier molecular flexibility index (Phi) is 3.00. The Balaban J connectivity index is 2.29. The molecular weight excluding hydrogens is 236 g/mol. The summed E-state index contributed by atoms with van der Waals surface area (Å²) in [4.78, 5) is 10.3. The lowest BCUT2D eigenvalue weighted by Crippen LogP contribution is -2.06. The van der Waals surface area contributed by atoms with Crippen LogP contribution in [0.25, 0.3) is 0 Å². The molecule has 2 aromatic rings. The largest absolute Gasteiger partial charge is 0.378 e. The van der Waals surface area contributed by atoms with Gasteiger partial charge in [0.15, 0.2) is 0 Å². The van der Waals surface area contributed by atoms with Gasteiger partial charge >= 0.3 is 5.69 Å². The summed E-state index contributed by atoms with van der Waals surface area (Å²) in [6, 6.07) is 0. The van der Waals surface area contributed by atoms with Crippen molar-refractivity contribution in [3.8, 4) is 0 Å². The molecule has 96 valence electrons. The minimum Gasteiger partial charge on any atom is -0.378 e. The number of nitrogens with two attached hydrogens (primary N) is 1. The Morgan fingerprint density at radius 3 is 2.78 bits per heavy atom. The fourth-order valence-electron chi connectivity index (χ4n) is 1.77. The van der Waals surface area contributed by atoms with E-state index < -0.39 is 4.92 Å². The number of nitro groups is 1. The molecule has 0 atom stereocenters. The van der Waals surface area contributed by atoms with Crippen molar-refractivity contribution in [3.63, 3.8) is 0 Å². The first-order valence-electron chi connectivity index (χ1n) is 5.51. The molecule has 0 bridgehead atoms. The standard InChI is InChI=1S/C10H14N6O2/c1-3-14-5-8(4-12-14)6-15-10(11)9(16(17)18)7(2)13-15/h4-5H,3,6,11H2,1-2H3. The highest BCUT2D eigenvalue weighted by Crippen LogP contribution is 2.25. The molecule has 0 unspecified atom stereocenters. The molecule has 0 aliphatic carbocycles. The number of aryl methyl sites for hydroxylation is 2. The van der Waals surface area contributed by atoms with Crippen LogP contribution in [0.5, 0.6) is 0 Å². The van der Waals surface area contributed by atoms with Gasteiger partial charge in [-0.3, -0.25) is 14.8 Å². The molecule has 0 radical (unpaired) electrons. The van der Waals surface area contributed by atoms with E-state index in [1.165, 1.54) is 4.68 Å². The Bertz CT molecular complexity index is 585. The number of aromatic nitrogens is 4. The van der Waals surface area contributed by atoms with Crippen molar-refractivity contribution >= 4 is 11.5 Å². The summed E-state index contributed by atoms with van der Waals surface area (Å²) in [5.41, 5.74) is 6.82. The summed E-state index contributed by atoms with van der Waals surface area (Å²) in [6.07, 6.45) is 3.56. The van der Waals surface area contributed by atoms with Gasteiger partial charge in [-0.15, -0.1) is 0 Å². The van der Waals surface area contributed by atoms with Gasteiger partial charge in [0, 0.05) is 18.3 Å². The van der Waals surface area contributed by atoms with Crippen LogP contribution in [-0.2, 0) is 13.1 Å². The molecule has 2 aromatic heterocycles. The van der Waals surface area contributed by atoms with Crippen molar-refractivity contribution < 1.29 is 4.92 Å². The SMILES string of the molecule is CCn1cc(Cn2nc(C)c([N+](=O)[O-])c2N)cn1. The molecule has 8 heteroatoms. The molecule has 0 fully saturated rings. The zero-order valence-electron chi connectivity index (χ0n) is 10.2. The van der Waals surface area contributed by atoms with Crippen LogP contribution >= 0.6 is 0 Å². The molecular formula is C10H14N6O2. The molecule has 0 saturated heterocycles. The molecule has 18 heavy (non-hydrogen) atoms. The number of anilines is 1. The summed E-state index contributed by atoms with van der Waals surface area (Å²) in [5.74, 6) is 0.0711. The Morgan fingerprint density at radius 2 is 2.28 bits per heavy atom. The van der Waals surface area contributed by atoms with Crippen molar-refractivity contribution in [3.05, 3.63) is 33.8 Å². The minimum absolute atomic E-state index is 0.0711. The maximum Gasteiger partial charge on any atom is 0.333 e. The van der Waals surface area contributed by atoms with Gasteiger partial charge < -0.3 is 5.73 Å². The second-order valence-corrected chi connectivity index (χ2v) is 3.94. The summed E-state index contributed by atoms with van der Waals surface area (Å²) < 4.78 is 3.20. The molecule has 2 N–H and O–H groups in total. The van der Waals surface area contributed by atoms with Crippen LogP contribution in [0.2, 0.25) is 0 Å². The van der Waals surface area contributed by atoms with Crippen molar-refractivity contribution in [2.24, 2.45) is 0 Å². The van der Waals surface area contributed by atoms with Crippen LogP contribution < -0.4 is 5.73 Å². The Morgan fingerprint density at radius 1 is 1.56 bits per heavy atom. The lowest BCUT2D eigenvalue weighted by Gasteiger charge is -2.00. The number of hydrogen-bond donors (Lipinski definition) is 1. The van der Waals surface area contributed by atoms with Gasteiger partial charge in [-0.05, 0) is 13.8 Å². The molecule has 2 rings (SSSR count). The van der Waals surface area contributed by atoms with Gasteiger partial charge in [-0.25, -0.2) is 4.68 Å². The Hall–Kier alpha value is -2.38. The average Bonchev–Trinajstić information content (AvgIpc) is 2.85. The fourth-order valence-corrected chi connectivity index (χ4v) is 1.77. The second-order valence-electron chi connectivity index (χ2n) is 3.94. The van der Waals surface area contributed by atoms with Gasteiger partial charge in [-0.2, -0.15) is 10.2 Å². The van der Waals surface area contributed by atoms with Crippen LogP contribution in [-0.4, -0.2) is 24.5 Å². The first-order chi connectivity index (χ1) is 8.52. The predicted octanol–water partition coefficient (Wildman–Crippen LogP) is 0.947. The third-order valence-corrected chi connectivity index (χ3v) is 2.66. The normalized spacial score (nSPS) is 10.8. The third kappa shape index (κ3) is 2.04. The van der Waals surface area contributed by atoms with E-state index in [4.69, 9.17) is 5.73 Å². The highest BCUT2D eigenvalue weighted by atomic mass is 16.6. The van der Waals surface area contributed by atoms with E-state index in [1.54, 1.807) is 17.8 Å². The van der Waals surface area contributed by atoms with E-state index in [0.717, 1.165) is 12.1 Å². The van der Waals surface area contributed by atoms with Crippen LogP contribution in [0.15, 0.2) is 12.4 Å². The van der Waals surface area contributed by atoms with Crippen molar-refractivity contribution in [2.75, 3.05) is 5.73 Å². The number of hydrogen-bond acceptors (Lipinski definition) is 5. The Labute approximate surface area is 103 Å². The molecule has 0 aliphatic heterocycles. The summed E-state index contributed by atoms with van der Waals surface area (Å²) in [5, 5.41) is 19.0. The summed E-state index contributed by atoms with van der Waals surface area (Å²) >= 11 is 0. The van der Waals surface area contributed by atoms with Crippen molar-refractivity contribution in [1.82, 2.24) is 19.6 Å². The van der Waals surface area contributed by atoms with Crippen molar-refractivity contribution in [2.45, 2.75) is 26.9 Å². The van der Waals surface area contributed by atoms with Crippen LogP contribution in [0, 0.1) is 17.0 Å². The van der Waals surface area contributed by atoms with E-state index >= 15 is 0 Å². The van der Waals surface area contributed by atoms with E-state index in [2.05, 4.69) is 10.2 Å². The minimum atomic E-state index is -0.510. The molecule has 0 aliphatic rings. The molecule has 0 spiro atoms. The first kappa shape index (κ1) is 12.1. The van der Waals surface area contributed by atoms with Gasteiger partial charge in [0.1, 0.15) is 5.69 Å².